The normalized spacial score (nSPS) is 26.1. The Morgan fingerprint density at radius 1 is 1.57 bits per heavy atom. The van der Waals surface area contributed by atoms with Crippen LogP contribution in [0.25, 0.3) is 10.4 Å². The summed E-state index contributed by atoms with van der Waals surface area (Å²) in [5.41, 5.74) is 8.14. The predicted molar refractivity (Wildman–Crippen MR) is 52.8 cm³/mol. The number of ether oxygens (including phenoxy) is 2. The Morgan fingerprint density at radius 2 is 2.43 bits per heavy atom. The average molecular weight is 199 g/mol. The molecule has 0 amide bonds. The molecule has 2 atom stereocenters. The van der Waals surface area contributed by atoms with Gasteiger partial charge in [-0.15, -0.1) is 0 Å². The molecule has 1 aliphatic rings. The molecule has 5 heteroatoms. The van der Waals surface area contributed by atoms with E-state index in [4.69, 9.17) is 15.0 Å². The molecule has 1 saturated heterocycles. The minimum atomic E-state index is -0.0829. The van der Waals surface area contributed by atoms with Gasteiger partial charge in [-0.2, -0.15) is 0 Å². The first-order chi connectivity index (χ1) is 6.86. The molecule has 0 bridgehead atoms. The first kappa shape index (κ1) is 11.3. The first-order valence-electron chi connectivity index (χ1n) is 5.14. The van der Waals surface area contributed by atoms with Crippen LogP contribution in [-0.2, 0) is 9.47 Å². The highest BCUT2D eigenvalue weighted by Crippen LogP contribution is 2.21. The van der Waals surface area contributed by atoms with Crippen molar-refractivity contribution in [2.24, 2.45) is 5.11 Å². The Bertz CT molecular complexity index is 204. The van der Waals surface area contributed by atoms with Gasteiger partial charge in [0.25, 0.3) is 0 Å². The van der Waals surface area contributed by atoms with Crippen LogP contribution in [-0.4, -0.2) is 25.5 Å². The van der Waals surface area contributed by atoms with Crippen LogP contribution in [0.1, 0.15) is 32.6 Å². The zero-order valence-corrected chi connectivity index (χ0v) is 8.56. The monoisotopic (exact) mass is 199 g/mol. The fourth-order valence-corrected chi connectivity index (χ4v) is 1.42. The van der Waals surface area contributed by atoms with Gasteiger partial charge in [-0.3, -0.25) is 0 Å². The third kappa shape index (κ3) is 3.96. The van der Waals surface area contributed by atoms with Crippen LogP contribution in [0.4, 0.5) is 0 Å². The molecule has 0 N–H and O–H groups in total. The topological polar surface area (TPSA) is 67.2 Å². The van der Waals surface area contributed by atoms with Crippen LogP contribution < -0.4 is 0 Å². The molecule has 0 saturated carbocycles. The second-order valence-corrected chi connectivity index (χ2v) is 3.40. The molecule has 80 valence electrons. The fraction of sp³-hybridized carbons (Fsp3) is 1.00. The van der Waals surface area contributed by atoms with Gasteiger partial charge in [0.15, 0.2) is 6.29 Å². The molecule has 0 spiro atoms. The van der Waals surface area contributed by atoms with Gasteiger partial charge in [-0.1, -0.05) is 18.5 Å². The van der Waals surface area contributed by atoms with Crippen molar-refractivity contribution in [2.45, 2.75) is 45.0 Å². The predicted octanol–water partition coefficient (Wildman–Crippen LogP) is 2.62. The standard InChI is InChI=1S/C9H17N3O2/c1-2-3-6-13-9-5-4-8(14-9)7-11-12-10/h8-9H,2-7H2,1H3/t8?,9-/m0/s1. The maximum Gasteiger partial charge on any atom is 0.158 e. The highest BCUT2D eigenvalue weighted by Gasteiger charge is 2.24. The van der Waals surface area contributed by atoms with Crippen molar-refractivity contribution in [2.75, 3.05) is 13.2 Å². The summed E-state index contributed by atoms with van der Waals surface area (Å²) in [6, 6.07) is 0. The van der Waals surface area contributed by atoms with Gasteiger partial charge >= 0.3 is 0 Å². The zero-order valence-electron chi connectivity index (χ0n) is 8.56. The molecule has 1 aliphatic heterocycles. The number of hydrogen-bond donors (Lipinski definition) is 0. The molecule has 0 radical (unpaired) electrons. The molecule has 0 aromatic rings. The van der Waals surface area contributed by atoms with E-state index in [2.05, 4.69) is 16.9 Å². The lowest BCUT2D eigenvalue weighted by molar-refractivity contribution is -0.131. The van der Waals surface area contributed by atoms with Gasteiger partial charge in [0, 0.05) is 17.9 Å². The maximum atomic E-state index is 8.14. The van der Waals surface area contributed by atoms with E-state index in [1.807, 2.05) is 0 Å². The molecular formula is C9H17N3O2. The zero-order chi connectivity index (χ0) is 10.2. The van der Waals surface area contributed by atoms with Crippen molar-refractivity contribution in [3.05, 3.63) is 10.4 Å². The lowest BCUT2D eigenvalue weighted by atomic mass is 10.2. The second-order valence-electron chi connectivity index (χ2n) is 3.40. The highest BCUT2D eigenvalue weighted by molar-refractivity contribution is 4.70. The third-order valence-electron chi connectivity index (χ3n) is 2.22. The smallest absolute Gasteiger partial charge is 0.158 e. The summed E-state index contributed by atoms with van der Waals surface area (Å²) >= 11 is 0. The molecular weight excluding hydrogens is 182 g/mol. The average Bonchev–Trinajstić information content (AvgIpc) is 2.63. The number of rotatable bonds is 6. The van der Waals surface area contributed by atoms with E-state index in [0.29, 0.717) is 6.54 Å². The van der Waals surface area contributed by atoms with E-state index >= 15 is 0 Å². The van der Waals surface area contributed by atoms with Crippen LogP contribution in [0, 0.1) is 0 Å². The molecule has 1 heterocycles. The van der Waals surface area contributed by atoms with Gasteiger partial charge in [-0.25, -0.2) is 0 Å². The number of hydrogen-bond acceptors (Lipinski definition) is 3. The fourth-order valence-electron chi connectivity index (χ4n) is 1.42. The van der Waals surface area contributed by atoms with Crippen molar-refractivity contribution in [3.63, 3.8) is 0 Å². The van der Waals surface area contributed by atoms with Crippen LogP contribution >= 0.6 is 0 Å². The van der Waals surface area contributed by atoms with E-state index in [1.54, 1.807) is 0 Å². The number of nitrogens with zero attached hydrogens (tertiary/aromatic N) is 3. The van der Waals surface area contributed by atoms with Crippen molar-refractivity contribution in [1.29, 1.82) is 0 Å². The van der Waals surface area contributed by atoms with Crippen LogP contribution in [0.5, 0.6) is 0 Å². The summed E-state index contributed by atoms with van der Waals surface area (Å²) in [4.78, 5) is 2.70. The van der Waals surface area contributed by atoms with Gasteiger partial charge in [-0.05, 0) is 18.4 Å². The van der Waals surface area contributed by atoms with E-state index < -0.39 is 0 Å². The summed E-state index contributed by atoms with van der Waals surface area (Å²) in [5, 5.41) is 3.48. The Kier molecular flexibility index (Phi) is 5.37. The first-order valence-corrected chi connectivity index (χ1v) is 5.14. The summed E-state index contributed by atoms with van der Waals surface area (Å²) in [7, 11) is 0. The molecule has 1 unspecified atom stereocenters. The quantitative estimate of drug-likeness (QED) is 0.285. The van der Waals surface area contributed by atoms with E-state index in [0.717, 1.165) is 32.3 Å². The molecule has 0 aromatic carbocycles. The van der Waals surface area contributed by atoms with Crippen molar-refractivity contribution in [3.8, 4) is 0 Å². The minimum Gasteiger partial charge on any atom is -0.353 e. The Labute approximate surface area is 84.0 Å². The van der Waals surface area contributed by atoms with Gasteiger partial charge in [0.05, 0.1) is 12.6 Å². The maximum absolute atomic E-state index is 8.14. The third-order valence-corrected chi connectivity index (χ3v) is 2.22. The van der Waals surface area contributed by atoms with Crippen LogP contribution in [0.2, 0.25) is 0 Å². The lowest BCUT2D eigenvalue weighted by Crippen LogP contribution is -2.16. The van der Waals surface area contributed by atoms with Gasteiger partial charge in [0.2, 0.25) is 0 Å². The summed E-state index contributed by atoms with van der Waals surface area (Å²) in [6.07, 6.45) is 4.01. The lowest BCUT2D eigenvalue weighted by Gasteiger charge is -2.12. The van der Waals surface area contributed by atoms with Gasteiger partial charge < -0.3 is 9.47 Å². The van der Waals surface area contributed by atoms with Crippen molar-refractivity contribution >= 4 is 0 Å². The molecule has 0 aliphatic carbocycles. The molecule has 14 heavy (non-hydrogen) atoms. The van der Waals surface area contributed by atoms with E-state index in [9.17, 15) is 0 Å². The Hall–Kier alpha value is -0.770. The SMILES string of the molecule is CCCCO[C@@H]1CCC(CN=[N+]=[N-])O1. The van der Waals surface area contributed by atoms with Crippen molar-refractivity contribution < 1.29 is 9.47 Å². The summed E-state index contributed by atoms with van der Waals surface area (Å²) in [5.74, 6) is 0. The van der Waals surface area contributed by atoms with Crippen molar-refractivity contribution in [1.82, 2.24) is 0 Å². The van der Waals surface area contributed by atoms with Crippen LogP contribution in [0.3, 0.4) is 0 Å². The Morgan fingerprint density at radius 3 is 3.14 bits per heavy atom. The summed E-state index contributed by atoms with van der Waals surface area (Å²) in [6.45, 7) is 3.31. The minimum absolute atomic E-state index is 0.0533. The van der Waals surface area contributed by atoms with Gasteiger partial charge in [0.1, 0.15) is 0 Å². The van der Waals surface area contributed by atoms with E-state index in [-0.39, 0.29) is 12.4 Å². The van der Waals surface area contributed by atoms with E-state index in [1.165, 1.54) is 0 Å². The Balaban J connectivity index is 2.10. The number of unbranched alkanes of at least 4 members (excludes halogenated alkanes) is 1. The highest BCUT2D eigenvalue weighted by atomic mass is 16.7. The molecule has 1 rings (SSSR count). The molecule has 5 nitrogen and oxygen atoms in total. The number of azide groups is 1. The summed E-state index contributed by atoms with van der Waals surface area (Å²) < 4.78 is 11.0. The van der Waals surface area contributed by atoms with Crippen LogP contribution in [0.15, 0.2) is 5.11 Å². The molecule has 0 aromatic heterocycles. The second kappa shape index (κ2) is 6.65. The largest absolute Gasteiger partial charge is 0.353 e. The molecule has 1 fully saturated rings.